The van der Waals surface area contributed by atoms with E-state index in [0.717, 1.165) is 61.1 Å². The molecule has 2 nitrogen and oxygen atoms in total. The molecule has 12 aromatic rings. The average molecular weight is 790 g/mol. The van der Waals surface area contributed by atoms with Gasteiger partial charge in [-0.3, -0.25) is 0 Å². The lowest BCUT2D eigenvalue weighted by Crippen LogP contribution is -2.09. The summed E-state index contributed by atoms with van der Waals surface area (Å²) in [7, 11) is 0. The predicted molar refractivity (Wildman–Crippen MR) is 263 cm³/mol. The van der Waals surface area contributed by atoms with Crippen molar-refractivity contribution in [1.29, 1.82) is 0 Å². The molecule has 0 bridgehead atoms. The Balaban J connectivity index is 1.04. The monoisotopic (exact) mass is 789 g/mol. The maximum atomic E-state index is 6.95. The average Bonchev–Trinajstić information content (AvgIpc) is 3.74. The first kappa shape index (κ1) is 35.7. The Morgan fingerprint density at radius 2 is 0.726 bits per heavy atom. The molecule has 11 aromatic carbocycles. The van der Waals surface area contributed by atoms with Crippen molar-refractivity contribution in [2.75, 3.05) is 4.90 Å². The lowest BCUT2D eigenvalue weighted by atomic mass is 9.89. The Hall–Kier alpha value is -8.20. The molecule has 0 saturated carbocycles. The number of fused-ring (bicyclic) bond motifs is 9. The van der Waals surface area contributed by atoms with Gasteiger partial charge >= 0.3 is 0 Å². The molecule has 1 aromatic heterocycles. The van der Waals surface area contributed by atoms with Crippen molar-refractivity contribution >= 4 is 71.3 Å². The fraction of sp³-hybridized carbons (Fsp3) is 0. The molecule has 0 amide bonds. The van der Waals surface area contributed by atoms with E-state index in [1.165, 1.54) is 54.7 Å². The highest BCUT2D eigenvalue weighted by atomic mass is 16.3. The second-order valence-electron chi connectivity index (χ2n) is 16.0. The van der Waals surface area contributed by atoms with Gasteiger partial charge < -0.3 is 9.32 Å². The number of anilines is 3. The summed E-state index contributed by atoms with van der Waals surface area (Å²) in [6, 6.07) is 85.3. The SMILES string of the molecule is c1ccc(-c2ccc(N(c3ccc(-c4ccccc4)cc3)c3ccc(-c4cc5c(cc4-c4cccc6ccccc46)oc4c6ccccc6c6ccccc6c54)cc3)cc2)cc1. The first-order valence-corrected chi connectivity index (χ1v) is 21.2. The predicted octanol–water partition coefficient (Wildman–Crippen LogP) is 17.2. The molecule has 0 aliphatic heterocycles. The molecule has 12 rings (SSSR count). The van der Waals surface area contributed by atoms with Crippen LogP contribution in [0.4, 0.5) is 17.1 Å². The molecule has 0 fully saturated rings. The van der Waals surface area contributed by atoms with Gasteiger partial charge in [-0.1, -0.05) is 188 Å². The third-order valence-electron chi connectivity index (χ3n) is 12.5. The quantitative estimate of drug-likeness (QED) is 0.150. The fourth-order valence-electron chi connectivity index (χ4n) is 9.48. The summed E-state index contributed by atoms with van der Waals surface area (Å²) in [5, 5.41) is 9.45. The zero-order valence-corrected chi connectivity index (χ0v) is 33.9. The van der Waals surface area contributed by atoms with Crippen LogP contribution in [0, 0.1) is 0 Å². The first-order valence-electron chi connectivity index (χ1n) is 21.2. The normalized spacial score (nSPS) is 11.5. The number of rotatable bonds is 7. The van der Waals surface area contributed by atoms with Crippen molar-refractivity contribution in [3.05, 3.63) is 237 Å². The molecule has 0 saturated heterocycles. The number of hydrogen-bond acceptors (Lipinski definition) is 2. The van der Waals surface area contributed by atoms with Crippen LogP contribution in [0.5, 0.6) is 0 Å². The lowest BCUT2D eigenvalue weighted by Gasteiger charge is -2.26. The smallest absolute Gasteiger partial charge is 0.143 e. The van der Waals surface area contributed by atoms with Gasteiger partial charge in [-0.25, -0.2) is 0 Å². The van der Waals surface area contributed by atoms with Gasteiger partial charge in [-0.05, 0) is 120 Å². The van der Waals surface area contributed by atoms with Gasteiger partial charge in [-0.2, -0.15) is 0 Å². The molecular formula is C60H39NO. The summed E-state index contributed by atoms with van der Waals surface area (Å²) >= 11 is 0. The Morgan fingerprint density at radius 3 is 1.32 bits per heavy atom. The van der Waals surface area contributed by atoms with Gasteiger partial charge in [0.1, 0.15) is 11.2 Å². The summed E-state index contributed by atoms with van der Waals surface area (Å²) in [6.45, 7) is 0. The van der Waals surface area contributed by atoms with Crippen molar-refractivity contribution in [2.45, 2.75) is 0 Å². The minimum atomic E-state index is 0.883. The first-order chi connectivity index (χ1) is 30.7. The lowest BCUT2D eigenvalue weighted by molar-refractivity contribution is 0.673. The minimum absolute atomic E-state index is 0.883. The van der Waals surface area contributed by atoms with Crippen LogP contribution >= 0.6 is 0 Å². The molecule has 0 unspecified atom stereocenters. The fourth-order valence-corrected chi connectivity index (χ4v) is 9.48. The zero-order chi connectivity index (χ0) is 41.0. The molecule has 0 aliphatic rings. The maximum Gasteiger partial charge on any atom is 0.143 e. The number of furan rings is 1. The van der Waals surface area contributed by atoms with Crippen molar-refractivity contribution in [3.8, 4) is 44.5 Å². The van der Waals surface area contributed by atoms with Gasteiger partial charge in [0, 0.05) is 33.2 Å². The van der Waals surface area contributed by atoms with Crippen molar-refractivity contribution in [1.82, 2.24) is 0 Å². The van der Waals surface area contributed by atoms with Crippen molar-refractivity contribution < 1.29 is 4.42 Å². The van der Waals surface area contributed by atoms with Crippen LogP contribution in [0.3, 0.4) is 0 Å². The van der Waals surface area contributed by atoms with Gasteiger partial charge in [0.25, 0.3) is 0 Å². The van der Waals surface area contributed by atoms with Crippen LogP contribution in [-0.2, 0) is 0 Å². The zero-order valence-electron chi connectivity index (χ0n) is 33.9. The molecule has 1 heterocycles. The molecule has 0 radical (unpaired) electrons. The standard InChI is InChI=1S/C60H39NO/c1-3-14-40(15-4-1)42-26-32-46(33-27-42)61(47-34-28-43(29-35-47)41-16-5-2-6-17-41)48-36-30-45(31-37-48)55-38-57-58(39-56(55)50-25-13-19-44-18-7-8-20-49(44)50)62-60-54-24-12-10-22-52(54)51-21-9-11-23-53(51)59(57)60/h1-39H. The van der Waals surface area contributed by atoms with E-state index in [-0.39, 0.29) is 0 Å². The van der Waals surface area contributed by atoms with E-state index in [9.17, 15) is 0 Å². The molecule has 0 spiro atoms. The summed E-state index contributed by atoms with van der Waals surface area (Å²) in [6.07, 6.45) is 0. The van der Waals surface area contributed by atoms with Gasteiger partial charge in [0.05, 0.1) is 0 Å². The highest BCUT2D eigenvalue weighted by Gasteiger charge is 2.21. The van der Waals surface area contributed by atoms with Crippen LogP contribution in [0.25, 0.3) is 98.8 Å². The van der Waals surface area contributed by atoms with Crippen LogP contribution in [0.2, 0.25) is 0 Å². The summed E-state index contributed by atoms with van der Waals surface area (Å²) in [5.41, 5.74) is 14.5. The summed E-state index contributed by atoms with van der Waals surface area (Å²) < 4.78 is 6.95. The summed E-state index contributed by atoms with van der Waals surface area (Å²) in [5.74, 6) is 0. The van der Waals surface area contributed by atoms with Crippen LogP contribution in [0.15, 0.2) is 241 Å². The highest BCUT2D eigenvalue weighted by molar-refractivity contribution is 6.30. The number of benzene rings is 11. The van der Waals surface area contributed by atoms with Crippen LogP contribution < -0.4 is 4.90 Å². The molecule has 0 N–H and O–H groups in total. The molecule has 290 valence electrons. The highest BCUT2D eigenvalue weighted by Crippen LogP contribution is 2.46. The Kier molecular flexibility index (Phi) is 8.53. The second-order valence-corrected chi connectivity index (χ2v) is 16.0. The minimum Gasteiger partial charge on any atom is -0.455 e. The molecule has 0 atom stereocenters. The van der Waals surface area contributed by atoms with E-state index in [1.807, 2.05) is 0 Å². The van der Waals surface area contributed by atoms with Crippen LogP contribution in [0.1, 0.15) is 0 Å². The van der Waals surface area contributed by atoms with E-state index >= 15 is 0 Å². The third-order valence-corrected chi connectivity index (χ3v) is 12.5. The van der Waals surface area contributed by atoms with Gasteiger partial charge in [-0.15, -0.1) is 0 Å². The third kappa shape index (κ3) is 6.04. The van der Waals surface area contributed by atoms with E-state index in [2.05, 4.69) is 241 Å². The van der Waals surface area contributed by atoms with Crippen molar-refractivity contribution in [3.63, 3.8) is 0 Å². The van der Waals surface area contributed by atoms with E-state index in [0.29, 0.717) is 0 Å². The van der Waals surface area contributed by atoms with Gasteiger partial charge in [0.15, 0.2) is 0 Å². The molecular weight excluding hydrogens is 751 g/mol. The van der Waals surface area contributed by atoms with Gasteiger partial charge in [0.2, 0.25) is 0 Å². The molecule has 62 heavy (non-hydrogen) atoms. The maximum absolute atomic E-state index is 6.95. The molecule has 2 heteroatoms. The number of nitrogens with zero attached hydrogens (tertiary/aromatic N) is 1. The Labute approximate surface area is 360 Å². The summed E-state index contributed by atoms with van der Waals surface area (Å²) in [4.78, 5) is 2.35. The number of hydrogen-bond donors (Lipinski definition) is 0. The topological polar surface area (TPSA) is 16.4 Å². The second kappa shape index (κ2) is 14.8. The van der Waals surface area contributed by atoms with E-state index in [4.69, 9.17) is 4.42 Å². The van der Waals surface area contributed by atoms with Crippen molar-refractivity contribution in [2.24, 2.45) is 0 Å². The van der Waals surface area contributed by atoms with E-state index < -0.39 is 0 Å². The molecule has 0 aliphatic carbocycles. The Morgan fingerprint density at radius 1 is 0.274 bits per heavy atom. The van der Waals surface area contributed by atoms with E-state index in [1.54, 1.807) is 0 Å². The largest absolute Gasteiger partial charge is 0.455 e. The van der Waals surface area contributed by atoms with Crippen LogP contribution in [-0.4, -0.2) is 0 Å². The Bertz CT molecular complexity index is 3500.